The number of hydrogen-bond donors (Lipinski definition) is 0. The largest absolute Gasteiger partial charge is 0.378 e. The summed E-state index contributed by atoms with van der Waals surface area (Å²) in [6, 6.07) is 1.94. The van der Waals surface area contributed by atoms with Gasteiger partial charge in [-0.05, 0) is 6.07 Å². The molecule has 5 nitrogen and oxygen atoms in total. The second kappa shape index (κ2) is 4.24. The van der Waals surface area contributed by atoms with E-state index in [9.17, 15) is 0 Å². The van der Waals surface area contributed by atoms with Crippen molar-refractivity contribution in [3.8, 4) is 0 Å². The molecule has 0 bridgehead atoms. The van der Waals surface area contributed by atoms with E-state index >= 15 is 0 Å². The molecule has 0 radical (unpaired) electrons. The number of hydrogen-bond acceptors (Lipinski definition) is 4. The Bertz CT molecular complexity index is 381. The normalized spacial score (nSPS) is 15.9. The molecule has 1 aliphatic rings. The molecule has 0 unspecified atom stereocenters. The molecule has 15 heavy (non-hydrogen) atoms. The smallest absolute Gasteiger partial charge is 0.258 e. The van der Waals surface area contributed by atoms with Crippen molar-refractivity contribution in [1.82, 2.24) is 9.97 Å². The summed E-state index contributed by atoms with van der Waals surface area (Å²) in [7, 11) is 1.64. The zero-order valence-electron chi connectivity index (χ0n) is 8.55. The highest BCUT2D eigenvalue weighted by Gasteiger charge is 2.33. The highest BCUT2D eigenvalue weighted by Crippen LogP contribution is 2.18. The van der Waals surface area contributed by atoms with Crippen LogP contribution in [0.2, 0.25) is 0 Å². The van der Waals surface area contributed by atoms with E-state index in [1.807, 2.05) is 11.0 Å². The predicted molar refractivity (Wildman–Crippen MR) is 55.3 cm³/mol. The van der Waals surface area contributed by atoms with Gasteiger partial charge in [0.15, 0.2) is 0 Å². The first-order valence-corrected chi connectivity index (χ1v) is 4.76. The van der Waals surface area contributed by atoms with Gasteiger partial charge < -0.3 is 14.5 Å². The van der Waals surface area contributed by atoms with Gasteiger partial charge in [0.2, 0.25) is 5.95 Å². The van der Waals surface area contributed by atoms with Crippen molar-refractivity contribution in [2.75, 3.05) is 25.1 Å². The van der Waals surface area contributed by atoms with Crippen molar-refractivity contribution in [3.63, 3.8) is 0 Å². The molecule has 5 heteroatoms. The van der Waals surface area contributed by atoms with Crippen LogP contribution in [0.1, 0.15) is 5.69 Å². The quantitative estimate of drug-likeness (QED) is 0.681. The first-order chi connectivity index (χ1) is 7.33. The second-order valence-electron chi connectivity index (χ2n) is 3.47. The first-order valence-electron chi connectivity index (χ1n) is 4.76. The third-order valence-corrected chi connectivity index (χ3v) is 2.32. The van der Waals surface area contributed by atoms with Gasteiger partial charge in [0.05, 0.1) is 25.4 Å². The second-order valence-corrected chi connectivity index (χ2v) is 3.47. The van der Waals surface area contributed by atoms with Gasteiger partial charge in [0.1, 0.15) is 0 Å². The van der Waals surface area contributed by atoms with Gasteiger partial charge in [-0.1, -0.05) is 0 Å². The van der Waals surface area contributed by atoms with Crippen molar-refractivity contribution in [2.24, 2.45) is 0 Å². The van der Waals surface area contributed by atoms with Crippen molar-refractivity contribution in [2.45, 2.75) is 12.6 Å². The molecule has 2 rings (SSSR count). The predicted octanol–water partition coefficient (Wildman–Crippen LogP) is 0.731. The molecule has 1 aliphatic heterocycles. The lowest BCUT2D eigenvalue weighted by atomic mass is 10.1. The zero-order valence-corrected chi connectivity index (χ0v) is 8.55. The molecule has 0 N–H and O–H groups in total. The van der Waals surface area contributed by atoms with Crippen molar-refractivity contribution >= 4 is 5.95 Å². The van der Waals surface area contributed by atoms with Crippen molar-refractivity contribution in [1.29, 1.82) is 0 Å². The summed E-state index contributed by atoms with van der Waals surface area (Å²) in [5.41, 5.74) is 0.869. The topological polar surface area (TPSA) is 42.6 Å². The van der Waals surface area contributed by atoms with Gasteiger partial charge in [0.25, 0.3) is 6.04 Å². The van der Waals surface area contributed by atoms with Crippen LogP contribution in [0.3, 0.4) is 0 Å². The summed E-state index contributed by atoms with van der Waals surface area (Å²) in [4.78, 5) is 14.0. The fourth-order valence-electron chi connectivity index (χ4n) is 1.47. The van der Waals surface area contributed by atoms with Gasteiger partial charge in [-0.25, -0.2) is 16.5 Å². The van der Waals surface area contributed by atoms with Crippen LogP contribution in [0.25, 0.3) is 4.85 Å². The Balaban J connectivity index is 2.04. The van der Waals surface area contributed by atoms with Crippen LogP contribution >= 0.6 is 0 Å². The van der Waals surface area contributed by atoms with Gasteiger partial charge in [-0.15, -0.1) is 0 Å². The standard InChI is InChI=1S/C10H12N4O/c1-11-9-5-14(6-9)10-12-4-3-8(13-10)7-15-2/h3-4,9H,5-7H2,2H3. The van der Waals surface area contributed by atoms with Crippen LogP contribution in [0.5, 0.6) is 0 Å². The summed E-state index contributed by atoms with van der Waals surface area (Å²) >= 11 is 0. The number of rotatable bonds is 3. The molecule has 0 spiro atoms. The van der Waals surface area contributed by atoms with Gasteiger partial charge in [-0.2, -0.15) is 0 Å². The minimum atomic E-state index is 0.111. The van der Waals surface area contributed by atoms with E-state index in [0.29, 0.717) is 12.6 Å². The molecule has 0 saturated carbocycles. The molecule has 1 aromatic heterocycles. The van der Waals surface area contributed by atoms with E-state index in [2.05, 4.69) is 14.8 Å². The number of aromatic nitrogens is 2. The molecule has 0 atom stereocenters. The highest BCUT2D eigenvalue weighted by molar-refractivity contribution is 5.36. The summed E-state index contributed by atoms with van der Waals surface area (Å²) in [5, 5.41) is 0. The Hall–Kier alpha value is -1.67. The molecule has 2 heterocycles. The van der Waals surface area contributed by atoms with Crippen molar-refractivity contribution in [3.05, 3.63) is 29.4 Å². The molecule has 0 aromatic carbocycles. The average molecular weight is 204 g/mol. The molecular formula is C10H12N4O. The monoisotopic (exact) mass is 204 g/mol. The molecule has 1 fully saturated rings. The molecule has 1 saturated heterocycles. The third-order valence-electron chi connectivity index (χ3n) is 2.32. The number of ether oxygens (including phenoxy) is 1. The summed E-state index contributed by atoms with van der Waals surface area (Å²) < 4.78 is 5.00. The van der Waals surface area contributed by atoms with Crippen LogP contribution in [-0.4, -0.2) is 36.2 Å². The molecule has 78 valence electrons. The Morgan fingerprint density at radius 1 is 1.67 bits per heavy atom. The maximum Gasteiger partial charge on any atom is 0.258 e. The Kier molecular flexibility index (Phi) is 2.79. The first kappa shape index (κ1) is 9.87. The maximum atomic E-state index is 6.86. The van der Waals surface area contributed by atoms with E-state index in [-0.39, 0.29) is 6.04 Å². The SMILES string of the molecule is [C-]#[N+]C1CN(c2nccc(COC)n2)C1. The van der Waals surface area contributed by atoms with E-state index in [4.69, 9.17) is 11.3 Å². The lowest BCUT2D eigenvalue weighted by Gasteiger charge is -2.31. The lowest BCUT2D eigenvalue weighted by Crippen LogP contribution is -2.50. The average Bonchev–Trinajstić information content (AvgIpc) is 2.17. The van der Waals surface area contributed by atoms with E-state index in [1.54, 1.807) is 13.3 Å². The Labute approximate surface area is 88.5 Å². The van der Waals surface area contributed by atoms with E-state index in [0.717, 1.165) is 18.8 Å². The molecule has 0 amide bonds. The Morgan fingerprint density at radius 3 is 3.13 bits per heavy atom. The van der Waals surface area contributed by atoms with E-state index < -0.39 is 0 Å². The zero-order chi connectivity index (χ0) is 10.7. The number of nitrogens with zero attached hydrogens (tertiary/aromatic N) is 4. The Morgan fingerprint density at radius 2 is 2.47 bits per heavy atom. The molecular weight excluding hydrogens is 192 g/mol. The van der Waals surface area contributed by atoms with Crippen LogP contribution in [-0.2, 0) is 11.3 Å². The van der Waals surface area contributed by atoms with Gasteiger partial charge >= 0.3 is 0 Å². The van der Waals surface area contributed by atoms with Crippen LogP contribution in [0.4, 0.5) is 5.95 Å². The summed E-state index contributed by atoms with van der Waals surface area (Å²) in [5.74, 6) is 0.699. The number of anilines is 1. The minimum Gasteiger partial charge on any atom is -0.378 e. The highest BCUT2D eigenvalue weighted by atomic mass is 16.5. The molecule has 0 aliphatic carbocycles. The van der Waals surface area contributed by atoms with Gasteiger partial charge in [0, 0.05) is 13.3 Å². The number of methoxy groups -OCH3 is 1. The summed E-state index contributed by atoms with van der Waals surface area (Å²) in [6.45, 7) is 8.83. The van der Waals surface area contributed by atoms with E-state index in [1.165, 1.54) is 0 Å². The third kappa shape index (κ3) is 2.05. The minimum absolute atomic E-state index is 0.111. The summed E-state index contributed by atoms with van der Waals surface area (Å²) in [6.07, 6.45) is 1.72. The van der Waals surface area contributed by atoms with Crippen molar-refractivity contribution < 1.29 is 4.74 Å². The van der Waals surface area contributed by atoms with Crippen LogP contribution < -0.4 is 4.90 Å². The maximum absolute atomic E-state index is 6.86. The van der Waals surface area contributed by atoms with Crippen LogP contribution in [0, 0.1) is 6.57 Å². The molecule has 1 aromatic rings. The van der Waals surface area contributed by atoms with Crippen LogP contribution in [0.15, 0.2) is 12.3 Å². The lowest BCUT2D eigenvalue weighted by molar-refractivity contribution is 0.181. The van der Waals surface area contributed by atoms with Gasteiger partial charge in [-0.3, -0.25) is 0 Å². The fourth-order valence-corrected chi connectivity index (χ4v) is 1.47. The fraction of sp³-hybridized carbons (Fsp3) is 0.500.